The van der Waals surface area contributed by atoms with Gasteiger partial charge in [0.25, 0.3) is 10.0 Å². The average molecular weight is 317 g/mol. The number of nitrogens with one attached hydrogen (secondary N) is 2. The molecule has 1 aromatic carbocycles. The molecule has 108 valence electrons. The lowest BCUT2D eigenvalue weighted by Crippen LogP contribution is -2.12. The minimum Gasteiger partial charge on any atom is -0.506 e. The molecule has 0 amide bonds. The number of phenolic OH excluding ortho intramolecular Hbond substituents is 1. The maximum absolute atomic E-state index is 11.9. The lowest BCUT2D eigenvalue weighted by atomic mass is 10.3. The summed E-state index contributed by atoms with van der Waals surface area (Å²) in [5.41, 5.74) is -0.228. The van der Waals surface area contributed by atoms with Crippen LogP contribution in [0.3, 0.4) is 0 Å². The van der Waals surface area contributed by atoms with Crippen LogP contribution in [0.4, 0.5) is 5.69 Å². The van der Waals surface area contributed by atoms with E-state index in [9.17, 15) is 21.9 Å². The number of hydrogen-bond donors (Lipinski definition) is 3. The Hall–Kier alpha value is -2.07. The zero-order valence-corrected chi connectivity index (χ0v) is 11.9. The van der Waals surface area contributed by atoms with Gasteiger partial charge in [0.1, 0.15) is 10.6 Å². The van der Waals surface area contributed by atoms with Crippen molar-refractivity contribution in [1.29, 1.82) is 0 Å². The van der Waals surface area contributed by atoms with Crippen molar-refractivity contribution in [3.8, 4) is 5.75 Å². The van der Waals surface area contributed by atoms with Gasteiger partial charge in [0.05, 0.1) is 16.8 Å². The predicted molar refractivity (Wildman–Crippen MR) is 70.6 cm³/mol. The number of nitrogens with zero attached hydrogens (tertiary/aromatic N) is 1. The van der Waals surface area contributed by atoms with Gasteiger partial charge in [-0.2, -0.15) is 5.10 Å². The van der Waals surface area contributed by atoms with E-state index in [1.165, 1.54) is 6.07 Å². The van der Waals surface area contributed by atoms with Crippen LogP contribution in [0.15, 0.2) is 40.4 Å². The van der Waals surface area contributed by atoms with E-state index in [1.54, 1.807) is 0 Å². The fourth-order valence-electron chi connectivity index (χ4n) is 1.42. The quantitative estimate of drug-likeness (QED) is 0.696. The highest BCUT2D eigenvalue weighted by Gasteiger charge is 2.18. The van der Waals surface area contributed by atoms with Gasteiger partial charge in [0.15, 0.2) is 9.84 Å². The highest BCUT2D eigenvalue weighted by Crippen LogP contribution is 2.28. The number of sulfonamides is 1. The second-order valence-corrected chi connectivity index (χ2v) is 7.69. The maximum Gasteiger partial charge on any atom is 0.265 e. The predicted octanol–water partition coefficient (Wildman–Crippen LogP) is 0.320. The number of rotatable bonds is 4. The van der Waals surface area contributed by atoms with Crippen LogP contribution < -0.4 is 4.72 Å². The fourth-order valence-corrected chi connectivity index (χ4v) is 3.03. The van der Waals surface area contributed by atoms with Crippen molar-refractivity contribution in [2.24, 2.45) is 0 Å². The van der Waals surface area contributed by atoms with Crippen molar-refractivity contribution in [2.45, 2.75) is 9.79 Å². The first-order valence-electron chi connectivity index (χ1n) is 5.25. The Balaban J connectivity index is 2.44. The third kappa shape index (κ3) is 2.91. The molecule has 0 aliphatic heterocycles. The zero-order chi connectivity index (χ0) is 15.0. The van der Waals surface area contributed by atoms with Crippen LogP contribution in [0, 0.1) is 0 Å². The van der Waals surface area contributed by atoms with Gasteiger partial charge in [-0.25, -0.2) is 16.8 Å². The summed E-state index contributed by atoms with van der Waals surface area (Å²) in [5.74, 6) is -0.385. The molecule has 2 aromatic rings. The van der Waals surface area contributed by atoms with Crippen molar-refractivity contribution < 1.29 is 21.9 Å². The van der Waals surface area contributed by atoms with Gasteiger partial charge in [0.2, 0.25) is 0 Å². The van der Waals surface area contributed by atoms with E-state index in [1.807, 2.05) is 0 Å². The Morgan fingerprint density at radius 2 is 1.90 bits per heavy atom. The van der Waals surface area contributed by atoms with Crippen LogP contribution in [0.5, 0.6) is 5.75 Å². The first-order chi connectivity index (χ1) is 9.20. The van der Waals surface area contributed by atoms with Gasteiger partial charge in [-0.15, -0.1) is 0 Å². The first-order valence-corrected chi connectivity index (χ1v) is 8.62. The van der Waals surface area contributed by atoms with Gasteiger partial charge < -0.3 is 5.11 Å². The third-order valence-electron chi connectivity index (χ3n) is 2.42. The lowest BCUT2D eigenvalue weighted by Gasteiger charge is -2.09. The number of aromatic hydroxyl groups is 1. The molecular weight excluding hydrogens is 306 g/mol. The van der Waals surface area contributed by atoms with E-state index in [-0.39, 0.29) is 21.2 Å². The van der Waals surface area contributed by atoms with E-state index in [2.05, 4.69) is 14.9 Å². The number of hydrogen-bond acceptors (Lipinski definition) is 6. The molecule has 0 saturated heterocycles. The normalized spacial score (nSPS) is 12.2. The second-order valence-electron chi connectivity index (χ2n) is 3.99. The molecule has 0 radical (unpaired) electrons. The topological polar surface area (TPSA) is 129 Å². The lowest BCUT2D eigenvalue weighted by molar-refractivity contribution is 0.477. The summed E-state index contributed by atoms with van der Waals surface area (Å²) in [4.78, 5) is -0.248. The summed E-state index contributed by atoms with van der Waals surface area (Å²) in [6, 6.07) is 3.33. The highest BCUT2D eigenvalue weighted by atomic mass is 32.2. The Bertz CT molecular complexity index is 826. The SMILES string of the molecule is CS(=O)(=O)c1ccc(O)c(NS(=O)(=O)c2cn[nH]c2)c1. The highest BCUT2D eigenvalue weighted by molar-refractivity contribution is 7.92. The summed E-state index contributed by atoms with van der Waals surface area (Å²) < 4.78 is 48.8. The van der Waals surface area contributed by atoms with Gasteiger partial charge in [0, 0.05) is 12.5 Å². The Morgan fingerprint density at radius 3 is 2.45 bits per heavy atom. The number of benzene rings is 1. The molecule has 1 aromatic heterocycles. The summed E-state index contributed by atoms with van der Waals surface area (Å²) >= 11 is 0. The molecule has 0 atom stereocenters. The molecule has 2 rings (SSSR count). The number of anilines is 1. The minimum atomic E-state index is -3.95. The molecule has 1 heterocycles. The second kappa shape index (κ2) is 4.80. The van der Waals surface area contributed by atoms with E-state index >= 15 is 0 Å². The first kappa shape index (κ1) is 14.3. The monoisotopic (exact) mass is 317 g/mol. The van der Waals surface area contributed by atoms with Crippen LogP contribution >= 0.6 is 0 Å². The zero-order valence-electron chi connectivity index (χ0n) is 10.2. The summed E-state index contributed by atoms with van der Waals surface area (Å²) in [5, 5.41) is 15.5. The summed E-state index contributed by atoms with van der Waals surface area (Å²) in [7, 11) is -7.47. The van der Waals surface area contributed by atoms with Crippen LogP contribution in [0.1, 0.15) is 0 Å². The fraction of sp³-hybridized carbons (Fsp3) is 0.100. The minimum absolute atomic E-state index is 0.111. The van der Waals surface area contributed by atoms with Crippen LogP contribution in [0.25, 0.3) is 0 Å². The smallest absolute Gasteiger partial charge is 0.265 e. The molecule has 0 spiro atoms. The largest absolute Gasteiger partial charge is 0.506 e. The van der Waals surface area contributed by atoms with E-state index < -0.39 is 19.9 Å². The summed E-state index contributed by atoms with van der Waals surface area (Å²) in [6.45, 7) is 0. The Morgan fingerprint density at radius 1 is 1.20 bits per heavy atom. The van der Waals surface area contributed by atoms with Crippen molar-refractivity contribution in [3.63, 3.8) is 0 Å². The number of aromatic nitrogens is 2. The molecular formula is C10H11N3O5S2. The van der Waals surface area contributed by atoms with E-state index in [0.29, 0.717) is 0 Å². The molecule has 20 heavy (non-hydrogen) atoms. The number of aromatic amines is 1. The molecule has 10 heteroatoms. The number of sulfone groups is 1. The summed E-state index contributed by atoms with van der Waals surface area (Å²) in [6.07, 6.45) is 3.22. The van der Waals surface area contributed by atoms with Crippen LogP contribution in [0.2, 0.25) is 0 Å². The van der Waals surface area contributed by atoms with Crippen LogP contribution in [-0.4, -0.2) is 38.4 Å². The third-order valence-corrected chi connectivity index (χ3v) is 4.87. The van der Waals surface area contributed by atoms with Gasteiger partial charge in [-0.3, -0.25) is 9.82 Å². The van der Waals surface area contributed by atoms with Gasteiger partial charge in [-0.05, 0) is 18.2 Å². The molecule has 0 aliphatic rings. The molecule has 0 fully saturated rings. The van der Waals surface area contributed by atoms with Gasteiger partial charge in [-0.1, -0.05) is 0 Å². The number of phenols is 1. The molecule has 0 unspecified atom stereocenters. The average Bonchev–Trinajstić information content (AvgIpc) is 2.84. The van der Waals surface area contributed by atoms with E-state index in [0.717, 1.165) is 30.8 Å². The van der Waals surface area contributed by atoms with E-state index in [4.69, 9.17) is 0 Å². The molecule has 0 bridgehead atoms. The Labute approximate surface area is 115 Å². The Kier molecular flexibility index (Phi) is 3.44. The molecule has 3 N–H and O–H groups in total. The molecule has 8 nitrogen and oxygen atoms in total. The maximum atomic E-state index is 11.9. The standard InChI is InChI=1S/C10H11N3O5S2/c1-19(15,16)7-2-3-10(14)9(4-7)13-20(17,18)8-5-11-12-6-8/h2-6,13-14H,1H3,(H,11,12). The van der Waals surface area contributed by atoms with Crippen molar-refractivity contribution in [2.75, 3.05) is 11.0 Å². The molecule has 0 aliphatic carbocycles. The van der Waals surface area contributed by atoms with Crippen molar-refractivity contribution >= 4 is 25.5 Å². The van der Waals surface area contributed by atoms with Crippen LogP contribution in [-0.2, 0) is 19.9 Å². The van der Waals surface area contributed by atoms with Crippen molar-refractivity contribution in [1.82, 2.24) is 10.2 Å². The number of H-pyrrole nitrogens is 1. The van der Waals surface area contributed by atoms with Crippen molar-refractivity contribution in [3.05, 3.63) is 30.6 Å². The molecule has 0 saturated carbocycles. The van der Waals surface area contributed by atoms with Gasteiger partial charge >= 0.3 is 0 Å².